The maximum absolute atomic E-state index is 12.9. The van der Waals surface area contributed by atoms with Crippen LogP contribution in [0, 0.1) is 0 Å². The molecule has 1 heterocycles. The minimum Gasteiger partial charge on any atom is -0.405 e. The lowest BCUT2D eigenvalue weighted by atomic mass is 10.1. The Kier molecular flexibility index (Phi) is 5.86. The van der Waals surface area contributed by atoms with Crippen molar-refractivity contribution in [2.24, 2.45) is 5.73 Å². The highest BCUT2D eigenvalue weighted by Crippen LogP contribution is 2.38. The predicted molar refractivity (Wildman–Crippen MR) is 98.8 cm³/mol. The number of thioether (sulfide) groups is 1. The summed E-state index contributed by atoms with van der Waals surface area (Å²) < 4.78 is 38.8. The molecule has 1 aliphatic rings. The molecule has 25 heavy (non-hydrogen) atoms. The number of nitrogens with zero attached hydrogens (tertiary/aromatic N) is 1. The van der Waals surface area contributed by atoms with E-state index in [2.05, 4.69) is 6.58 Å². The Balaban J connectivity index is 2.40. The van der Waals surface area contributed by atoms with Crippen LogP contribution in [0.15, 0.2) is 71.8 Å². The number of hydrogen-bond donors (Lipinski definition) is 1. The zero-order chi connectivity index (χ0) is 18.6. The molecule has 3 nitrogen and oxygen atoms in total. The summed E-state index contributed by atoms with van der Waals surface area (Å²) in [5.41, 5.74) is 5.19. The molecule has 0 aliphatic carbocycles. The standard InChI is InChI=1S/C17H13F3N2OS2/c1-2-4-11(7-8-21)9-14-15(23)22(16(24)25-14)13-6-3-5-12(10-13)17(18,19)20/h2-10H,1,21H2/b8-7-,11-4+,14-9-. The molecular formula is C17H13F3N2OS2. The molecule has 1 saturated heterocycles. The first-order valence-corrected chi connectivity index (χ1v) is 8.16. The Morgan fingerprint density at radius 2 is 2.08 bits per heavy atom. The van der Waals surface area contributed by atoms with Crippen LogP contribution in [0.2, 0.25) is 0 Å². The summed E-state index contributed by atoms with van der Waals surface area (Å²) in [5, 5.41) is 0. The molecule has 0 atom stereocenters. The zero-order valence-corrected chi connectivity index (χ0v) is 14.4. The van der Waals surface area contributed by atoms with Crippen LogP contribution in [0.3, 0.4) is 0 Å². The van der Waals surface area contributed by atoms with Crippen LogP contribution in [0.25, 0.3) is 0 Å². The van der Waals surface area contributed by atoms with E-state index < -0.39 is 17.6 Å². The van der Waals surface area contributed by atoms with Crippen molar-refractivity contribution in [3.63, 3.8) is 0 Å². The summed E-state index contributed by atoms with van der Waals surface area (Å²) in [7, 11) is 0. The second kappa shape index (κ2) is 7.71. The van der Waals surface area contributed by atoms with Crippen molar-refractivity contribution >= 4 is 39.9 Å². The predicted octanol–water partition coefficient (Wildman–Crippen LogP) is 4.54. The van der Waals surface area contributed by atoms with E-state index in [1.807, 2.05) is 0 Å². The normalized spacial score (nSPS) is 17.8. The molecule has 0 aromatic heterocycles. The van der Waals surface area contributed by atoms with Gasteiger partial charge in [0.2, 0.25) is 0 Å². The molecule has 0 unspecified atom stereocenters. The molecule has 1 aromatic rings. The lowest BCUT2D eigenvalue weighted by molar-refractivity contribution is -0.137. The van der Waals surface area contributed by atoms with E-state index in [1.165, 1.54) is 24.4 Å². The van der Waals surface area contributed by atoms with Gasteiger partial charge in [-0.25, -0.2) is 0 Å². The Hall–Kier alpha value is -2.32. The summed E-state index contributed by atoms with van der Waals surface area (Å²) in [6.07, 6.45) is 3.09. The first-order valence-electron chi connectivity index (χ1n) is 6.94. The number of nitrogens with two attached hydrogens (primary N) is 1. The van der Waals surface area contributed by atoms with E-state index in [0.717, 1.165) is 28.8 Å². The number of hydrogen-bond acceptors (Lipinski definition) is 4. The minimum absolute atomic E-state index is 0.0735. The number of allylic oxidation sites excluding steroid dienone is 5. The van der Waals surface area contributed by atoms with E-state index in [1.54, 1.807) is 18.2 Å². The summed E-state index contributed by atoms with van der Waals surface area (Å²) in [4.78, 5) is 13.9. The number of anilines is 1. The van der Waals surface area contributed by atoms with Crippen molar-refractivity contribution in [3.05, 3.63) is 77.4 Å². The molecule has 8 heteroatoms. The van der Waals surface area contributed by atoms with Gasteiger partial charge in [-0.3, -0.25) is 9.69 Å². The average molecular weight is 382 g/mol. The van der Waals surface area contributed by atoms with Crippen molar-refractivity contribution in [1.29, 1.82) is 0 Å². The largest absolute Gasteiger partial charge is 0.416 e. The monoisotopic (exact) mass is 382 g/mol. The maximum Gasteiger partial charge on any atom is 0.416 e. The van der Waals surface area contributed by atoms with Crippen LogP contribution in [0.4, 0.5) is 18.9 Å². The van der Waals surface area contributed by atoms with Crippen LogP contribution in [0.1, 0.15) is 5.56 Å². The molecule has 0 bridgehead atoms. The lowest BCUT2D eigenvalue weighted by Crippen LogP contribution is -2.27. The van der Waals surface area contributed by atoms with Crippen LogP contribution in [0.5, 0.6) is 0 Å². The molecule has 2 N–H and O–H groups in total. The molecule has 1 amide bonds. The number of alkyl halides is 3. The van der Waals surface area contributed by atoms with E-state index in [4.69, 9.17) is 18.0 Å². The molecule has 1 fully saturated rings. The second-order valence-corrected chi connectivity index (χ2v) is 6.50. The van der Waals surface area contributed by atoms with Gasteiger partial charge in [-0.1, -0.05) is 48.8 Å². The third-order valence-corrected chi connectivity index (χ3v) is 4.42. The van der Waals surface area contributed by atoms with E-state index in [0.29, 0.717) is 5.57 Å². The Morgan fingerprint density at radius 1 is 1.36 bits per heavy atom. The van der Waals surface area contributed by atoms with Gasteiger partial charge in [0.1, 0.15) is 0 Å². The topological polar surface area (TPSA) is 46.3 Å². The Bertz CT molecular complexity index is 810. The number of carbonyl (C=O) groups is 1. The quantitative estimate of drug-likeness (QED) is 0.472. The highest BCUT2D eigenvalue weighted by Gasteiger charge is 2.36. The number of carbonyl (C=O) groups excluding carboxylic acids is 1. The first kappa shape index (κ1) is 19.0. The molecule has 130 valence electrons. The van der Waals surface area contributed by atoms with Crippen molar-refractivity contribution < 1.29 is 18.0 Å². The molecule has 1 aliphatic heterocycles. The Morgan fingerprint density at radius 3 is 2.68 bits per heavy atom. The lowest BCUT2D eigenvalue weighted by Gasteiger charge is -2.16. The third kappa shape index (κ3) is 4.40. The van der Waals surface area contributed by atoms with Crippen LogP contribution in [-0.4, -0.2) is 10.2 Å². The van der Waals surface area contributed by atoms with Crippen molar-refractivity contribution in [3.8, 4) is 0 Å². The van der Waals surface area contributed by atoms with Gasteiger partial charge in [0, 0.05) is 0 Å². The Labute approximate surface area is 152 Å². The van der Waals surface area contributed by atoms with Gasteiger partial charge in [0.15, 0.2) is 4.32 Å². The molecule has 2 rings (SSSR count). The van der Waals surface area contributed by atoms with Gasteiger partial charge >= 0.3 is 6.18 Å². The van der Waals surface area contributed by atoms with Crippen LogP contribution < -0.4 is 10.6 Å². The number of thiocarbonyl (C=S) groups is 1. The highest BCUT2D eigenvalue weighted by molar-refractivity contribution is 8.27. The van der Waals surface area contributed by atoms with Gasteiger partial charge in [-0.05, 0) is 42.1 Å². The molecular weight excluding hydrogens is 369 g/mol. The van der Waals surface area contributed by atoms with Gasteiger partial charge in [-0.2, -0.15) is 13.2 Å². The first-order chi connectivity index (χ1) is 11.8. The minimum atomic E-state index is -4.50. The SMILES string of the molecule is C=C/C=C(\C=C/N)/C=C1\SC(=S)N(c2cccc(C(F)(F)F)c2)C1=O. The number of rotatable bonds is 4. The van der Waals surface area contributed by atoms with Crippen LogP contribution in [-0.2, 0) is 11.0 Å². The third-order valence-electron chi connectivity index (χ3n) is 3.12. The molecule has 0 saturated carbocycles. The second-order valence-electron chi connectivity index (χ2n) is 4.83. The maximum atomic E-state index is 12.9. The van der Waals surface area contributed by atoms with E-state index >= 15 is 0 Å². The molecule has 0 spiro atoms. The number of halogens is 3. The number of benzene rings is 1. The smallest absolute Gasteiger partial charge is 0.405 e. The molecule has 1 aromatic carbocycles. The number of amides is 1. The fourth-order valence-electron chi connectivity index (χ4n) is 2.06. The summed E-state index contributed by atoms with van der Waals surface area (Å²) in [5.74, 6) is -0.491. The van der Waals surface area contributed by atoms with Crippen molar-refractivity contribution in [1.82, 2.24) is 0 Å². The summed E-state index contributed by atoms with van der Waals surface area (Å²) in [6, 6.07) is 4.48. The average Bonchev–Trinajstić information content (AvgIpc) is 2.81. The van der Waals surface area contributed by atoms with Crippen LogP contribution >= 0.6 is 24.0 Å². The van der Waals surface area contributed by atoms with E-state index in [9.17, 15) is 18.0 Å². The highest BCUT2D eigenvalue weighted by atomic mass is 32.2. The zero-order valence-electron chi connectivity index (χ0n) is 12.8. The van der Waals surface area contributed by atoms with Gasteiger partial charge in [0.25, 0.3) is 5.91 Å². The van der Waals surface area contributed by atoms with Crippen molar-refractivity contribution in [2.45, 2.75) is 6.18 Å². The van der Waals surface area contributed by atoms with Crippen molar-refractivity contribution in [2.75, 3.05) is 4.90 Å². The summed E-state index contributed by atoms with van der Waals surface area (Å²) >= 11 is 6.17. The fraction of sp³-hybridized carbons (Fsp3) is 0.0588. The van der Waals surface area contributed by atoms with Gasteiger partial charge in [0.05, 0.1) is 16.2 Å². The van der Waals surface area contributed by atoms with Gasteiger partial charge in [-0.15, -0.1) is 0 Å². The fourth-order valence-corrected chi connectivity index (χ4v) is 3.36. The molecule has 0 radical (unpaired) electrons. The van der Waals surface area contributed by atoms with Gasteiger partial charge < -0.3 is 5.73 Å². The van der Waals surface area contributed by atoms with E-state index in [-0.39, 0.29) is 14.9 Å². The summed E-state index contributed by atoms with van der Waals surface area (Å²) in [6.45, 7) is 3.57.